The topological polar surface area (TPSA) is 65.4 Å². The number of rotatable bonds is 9. The lowest BCUT2D eigenvalue weighted by Crippen LogP contribution is -2.42. The van der Waals surface area contributed by atoms with E-state index in [-0.39, 0.29) is 35.7 Å². The number of allylic oxidation sites excluding steroid dienone is 1. The summed E-state index contributed by atoms with van der Waals surface area (Å²) in [6.07, 6.45) is -2.71. The largest absolute Gasteiger partial charge is 0.522 e. The monoisotopic (exact) mass is 479 g/mol. The molecule has 174 valence electrons. The quantitative estimate of drug-likeness (QED) is 0.422. The molecule has 12 heteroatoms. The zero-order valence-electron chi connectivity index (χ0n) is 16.6. The van der Waals surface area contributed by atoms with Crippen LogP contribution in [0, 0.1) is 11.6 Å². The molecule has 3 rings (SSSR count). The van der Waals surface area contributed by atoms with E-state index in [1.807, 2.05) is 0 Å². The van der Waals surface area contributed by atoms with Crippen LogP contribution in [0.15, 0.2) is 36.9 Å². The van der Waals surface area contributed by atoms with Crippen molar-refractivity contribution in [2.75, 3.05) is 6.61 Å². The van der Waals surface area contributed by atoms with Gasteiger partial charge in [0, 0.05) is 43.3 Å². The molecule has 0 saturated heterocycles. The van der Waals surface area contributed by atoms with Crippen LogP contribution in [0.3, 0.4) is 0 Å². The van der Waals surface area contributed by atoms with Gasteiger partial charge < -0.3 is 14.6 Å². The number of aromatic nitrogens is 2. The van der Waals surface area contributed by atoms with E-state index in [0.717, 1.165) is 0 Å². The Morgan fingerprint density at radius 1 is 1.25 bits per heavy atom. The van der Waals surface area contributed by atoms with E-state index in [0.29, 0.717) is 18.7 Å². The van der Waals surface area contributed by atoms with Crippen molar-refractivity contribution in [3.8, 4) is 11.3 Å². The lowest BCUT2D eigenvalue weighted by Gasteiger charge is -2.34. The summed E-state index contributed by atoms with van der Waals surface area (Å²) < 4.78 is 74.6. The third-order valence-corrected chi connectivity index (χ3v) is 5.03. The van der Waals surface area contributed by atoms with E-state index in [1.165, 1.54) is 24.7 Å². The first-order valence-corrected chi connectivity index (χ1v) is 9.89. The maximum Gasteiger partial charge on any atom is 0.522 e. The molecule has 1 heterocycles. The Morgan fingerprint density at radius 3 is 2.66 bits per heavy atom. The first kappa shape index (κ1) is 24.1. The summed E-state index contributed by atoms with van der Waals surface area (Å²) in [5.74, 6) is -2.73. The average molecular weight is 480 g/mol. The summed E-state index contributed by atoms with van der Waals surface area (Å²) in [5.41, 5.74) is 0.563. The molecule has 1 aromatic carbocycles. The number of carbonyl (C=O) groups excluding carboxylic acids is 1. The number of halogens is 6. The first-order chi connectivity index (χ1) is 15.0. The number of amides is 1. The molecule has 1 aliphatic carbocycles. The van der Waals surface area contributed by atoms with Gasteiger partial charge in [0.1, 0.15) is 6.61 Å². The van der Waals surface area contributed by atoms with Gasteiger partial charge in [0.25, 0.3) is 0 Å². The third-order valence-electron chi connectivity index (χ3n) is 4.73. The van der Waals surface area contributed by atoms with Crippen molar-refractivity contribution in [1.29, 1.82) is 0 Å². The molecule has 2 aromatic rings. The highest BCUT2D eigenvalue weighted by atomic mass is 35.5. The number of ether oxygens (including phenoxy) is 2. The highest BCUT2D eigenvalue weighted by molar-refractivity contribution is 6.30. The smallest absolute Gasteiger partial charge is 0.368 e. The molecule has 0 radical (unpaired) electrons. The molecule has 6 nitrogen and oxygen atoms in total. The van der Waals surface area contributed by atoms with E-state index in [1.54, 1.807) is 4.57 Å². The predicted molar refractivity (Wildman–Crippen MR) is 104 cm³/mol. The van der Waals surface area contributed by atoms with Crippen LogP contribution in [-0.2, 0) is 20.8 Å². The highest BCUT2D eigenvalue weighted by Gasteiger charge is 2.40. The number of benzene rings is 1. The van der Waals surface area contributed by atoms with Crippen LogP contribution in [0.1, 0.15) is 19.3 Å². The lowest BCUT2D eigenvalue weighted by molar-refractivity contribution is -0.357. The molecular formula is C20H19ClF5N3O3. The number of aryl methyl sites for hydroxylation is 1. The number of carbonyl (C=O) groups is 1. The van der Waals surface area contributed by atoms with Gasteiger partial charge in [-0.2, -0.15) is 0 Å². The van der Waals surface area contributed by atoms with Crippen molar-refractivity contribution in [2.45, 2.75) is 44.4 Å². The van der Waals surface area contributed by atoms with Crippen LogP contribution in [-0.4, -0.2) is 40.6 Å². The van der Waals surface area contributed by atoms with Crippen LogP contribution in [0.5, 0.6) is 0 Å². The van der Waals surface area contributed by atoms with Crippen molar-refractivity contribution in [3.63, 3.8) is 0 Å². The van der Waals surface area contributed by atoms with Gasteiger partial charge in [-0.15, -0.1) is 13.2 Å². The van der Waals surface area contributed by atoms with E-state index in [2.05, 4.69) is 21.6 Å². The Kier molecular flexibility index (Phi) is 7.52. The van der Waals surface area contributed by atoms with Gasteiger partial charge in [-0.3, -0.25) is 9.53 Å². The summed E-state index contributed by atoms with van der Waals surface area (Å²) in [7, 11) is 0. The zero-order valence-corrected chi connectivity index (χ0v) is 17.3. The summed E-state index contributed by atoms with van der Waals surface area (Å²) in [6, 6.07) is 2.56. The molecule has 1 aromatic heterocycles. The Morgan fingerprint density at radius 2 is 1.97 bits per heavy atom. The number of hydrogen-bond donors (Lipinski definition) is 1. The summed E-state index contributed by atoms with van der Waals surface area (Å²) in [6.45, 7) is 3.76. The van der Waals surface area contributed by atoms with Crippen molar-refractivity contribution in [1.82, 2.24) is 14.9 Å². The average Bonchev–Trinajstić information content (AvgIpc) is 3.14. The Labute approximate surface area is 185 Å². The summed E-state index contributed by atoms with van der Waals surface area (Å²) >= 11 is 5.55. The van der Waals surface area contributed by atoms with Crippen LogP contribution < -0.4 is 5.32 Å². The molecule has 0 aliphatic heterocycles. The van der Waals surface area contributed by atoms with Crippen molar-refractivity contribution in [3.05, 3.63) is 53.6 Å². The van der Waals surface area contributed by atoms with E-state index in [4.69, 9.17) is 16.3 Å². The summed E-state index contributed by atoms with van der Waals surface area (Å²) in [4.78, 5) is 15.9. The van der Waals surface area contributed by atoms with Crippen LogP contribution in [0.2, 0.25) is 5.02 Å². The molecule has 1 fully saturated rings. The molecule has 1 N–H and O–H groups in total. The van der Waals surface area contributed by atoms with Crippen LogP contribution >= 0.6 is 11.6 Å². The minimum absolute atomic E-state index is 0.0335. The minimum Gasteiger partial charge on any atom is -0.368 e. The van der Waals surface area contributed by atoms with Gasteiger partial charge in [-0.25, -0.2) is 13.8 Å². The first-order valence-electron chi connectivity index (χ1n) is 9.51. The fourth-order valence-corrected chi connectivity index (χ4v) is 3.18. The summed E-state index contributed by atoms with van der Waals surface area (Å²) in [5, 5.41) is 2.21. The van der Waals surface area contributed by atoms with E-state index < -0.39 is 36.1 Å². The van der Waals surface area contributed by atoms with Crippen molar-refractivity contribution < 1.29 is 36.2 Å². The predicted octanol–water partition coefficient (Wildman–Crippen LogP) is 4.59. The van der Waals surface area contributed by atoms with E-state index in [9.17, 15) is 26.7 Å². The Bertz CT molecular complexity index is 989. The van der Waals surface area contributed by atoms with Crippen molar-refractivity contribution >= 4 is 17.5 Å². The number of nitrogens with zero attached hydrogens (tertiary/aromatic N) is 2. The second-order valence-electron chi connectivity index (χ2n) is 7.21. The fourth-order valence-electron chi connectivity index (χ4n) is 3.04. The van der Waals surface area contributed by atoms with Gasteiger partial charge >= 0.3 is 6.36 Å². The van der Waals surface area contributed by atoms with E-state index >= 15 is 0 Å². The van der Waals surface area contributed by atoms with Crippen LogP contribution in [0.4, 0.5) is 22.0 Å². The maximum absolute atomic E-state index is 14.0. The third kappa shape index (κ3) is 6.50. The molecule has 32 heavy (non-hydrogen) atoms. The highest BCUT2D eigenvalue weighted by Crippen LogP contribution is 2.32. The number of alkyl halides is 3. The second-order valence-corrected chi connectivity index (χ2v) is 7.62. The zero-order chi connectivity index (χ0) is 23.5. The van der Waals surface area contributed by atoms with Gasteiger partial charge in [0.15, 0.2) is 11.6 Å². The van der Waals surface area contributed by atoms with Gasteiger partial charge in [0.05, 0.1) is 29.3 Å². The SMILES string of the molecule is C=C(CCn1cnc(-c2ccc(Cl)c(F)c2F)c1)NC(=O)CO[C@H]1C[C@@H](OC(F)(F)F)C1. The number of imidazole rings is 1. The standard InChI is InChI=1S/C20H19ClF5N3O3/c1-11(28-17(30)9-31-12-6-13(7-12)32-20(24,25)26)4-5-29-8-16(27-10-29)14-2-3-15(21)19(23)18(14)22/h2-3,8,10,12-13H,1,4-7,9H2,(H,28,30)/t12-,13+. The molecule has 0 spiro atoms. The van der Waals surface area contributed by atoms with Crippen LogP contribution in [0.25, 0.3) is 11.3 Å². The number of nitrogens with one attached hydrogen (secondary N) is 1. The molecule has 0 atom stereocenters. The normalized spacial score (nSPS) is 18.3. The van der Waals surface area contributed by atoms with Crippen molar-refractivity contribution in [2.24, 2.45) is 0 Å². The number of hydrogen-bond acceptors (Lipinski definition) is 4. The minimum atomic E-state index is -4.68. The second kappa shape index (κ2) is 9.97. The van der Waals surface area contributed by atoms with Gasteiger partial charge in [-0.05, 0) is 12.1 Å². The molecule has 1 amide bonds. The molecule has 0 bridgehead atoms. The molecule has 1 saturated carbocycles. The van der Waals surface area contributed by atoms with Gasteiger partial charge in [-0.1, -0.05) is 18.2 Å². The Hall–Kier alpha value is -2.50. The van der Waals surface area contributed by atoms with Gasteiger partial charge in [0.2, 0.25) is 5.91 Å². The molecule has 1 aliphatic rings. The molecular weight excluding hydrogens is 461 g/mol. The Balaban J connectivity index is 1.38. The molecule has 0 unspecified atom stereocenters. The fraction of sp³-hybridized carbons (Fsp3) is 0.400. The lowest BCUT2D eigenvalue weighted by atomic mass is 9.92. The maximum atomic E-state index is 14.0.